The van der Waals surface area contributed by atoms with Crippen LogP contribution in [0.15, 0.2) is 42.7 Å². The third kappa shape index (κ3) is 1.85. The van der Waals surface area contributed by atoms with Gasteiger partial charge in [0.25, 0.3) is 0 Å². The van der Waals surface area contributed by atoms with Gasteiger partial charge < -0.3 is 5.73 Å². The summed E-state index contributed by atoms with van der Waals surface area (Å²) in [5.74, 6) is 0. The minimum atomic E-state index is 0. The Bertz CT molecular complexity index is 652. The zero-order valence-corrected chi connectivity index (χ0v) is 10.8. The summed E-state index contributed by atoms with van der Waals surface area (Å²) in [6.07, 6.45) is 3.53. The maximum atomic E-state index is 5.94. The van der Waals surface area contributed by atoms with E-state index in [1.54, 1.807) is 12.4 Å². The van der Waals surface area contributed by atoms with Crippen molar-refractivity contribution in [2.45, 2.75) is 0 Å². The van der Waals surface area contributed by atoms with Crippen molar-refractivity contribution in [1.29, 1.82) is 0 Å². The summed E-state index contributed by atoms with van der Waals surface area (Å²) >= 11 is 0. The van der Waals surface area contributed by atoms with Gasteiger partial charge in [0.15, 0.2) is 0 Å². The Hall–Kier alpha value is -0.576. The van der Waals surface area contributed by atoms with Crippen LogP contribution >= 0.6 is 0 Å². The normalized spacial score (nSPS) is 10.2. The third-order valence-electron chi connectivity index (χ3n) is 2.50. The van der Waals surface area contributed by atoms with Crippen molar-refractivity contribution >= 4 is 27.5 Å². The van der Waals surface area contributed by atoms with Crippen molar-refractivity contribution in [3.8, 4) is 0 Å². The van der Waals surface area contributed by atoms with Crippen molar-refractivity contribution < 1.29 is 49.4 Å². The fourth-order valence-corrected chi connectivity index (χ4v) is 1.81. The number of hydrogen-bond donors (Lipinski definition) is 1. The second-order valence-electron chi connectivity index (χ2n) is 3.44. The van der Waals surface area contributed by atoms with Crippen molar-refractivity contribution in [2.24, 2.45) is 0 Å². The van der Waals surface area contributed by atoms with Crippen LogP contribution in [0.25, 0.3) is 21.8 Å². The molecular formula is C12H9EuN3. The molecule has 0 aliphatic rings. The monoisotopic (exact) mass is 348 g/mol. The fraction of sp³-hybridized carbons (Fsp3) is 0. The van der Waals surface area contributed by atoms with Crippen LogP contribution in [0.4, 0.5) is 5.69 Å². The molecule has 0 aliphatic carbocycles. The van der Waals surface area contributed by atoms with Gasteiger partial charge in [0.2, 0.25) is 0 Å². The standard InChI is InChI=1S/C12H9N3.Eu/c13-10-7-11-9(4-2-5-14-11)12-8(10)3-1-6-15-12;/h1-7H,13H2;. The van der Waals surface area contributed by atoms with Gasteiger partial charge in [-0.25, -0.2) is 0 Å². The molecule has 3 aromatic rings. The first kappa shape index (κ1) is 11.9. The zero-order chi connectivity index (χ0) is 10.3. The summed E-state index contributed by atoms with van der Waals surface area (Å²) in [7, 11) is 0. The molecule has 2 heterocycles. The van der Waals surface area contributed by atoms with Gasteiger partial charge in [-0.2, -0.15) is 0 Å². The van der Waals surface area contributed by atoms with Crippen LogP contribution in [0.2, 0.25) is 0 Å². The van der Waals surface area contributed by atoms with Gasteiger partial charge in [-0.3, -0.25) is 9.97 Å². The van der Waals surface area contributed by atoms with E-state index in [4.69, 9.17) is 5.73 Å². The van der Waals surface area contributed by atoms with E-state index >= 15 is 0 Å². The van der Waals surface area contributed by atoms with Gasteiger partial charge in [-0.05, 0) is 30.3 Å². The molecule has 2 N–H and O–H groups in total. The van der Waals surface area contributed by atoms with E-state index < -0.39 is 0 Å². The van der Waals surface area contributed by atoms with Crippen LogP contribution in [0.3, 0.4) is 0 Å². The molecule has 1 aromatic carbocycles. The Morgan fingerprint density at radius 1 is 0.938 bits per heavy atom. The van der Waals surface area contributed by atoms with E-state index in [-0.39, 0.29) is 49.4 Å². The largest absolute Gasteiger partial charge is 0.398 e. The molecule has 0 fully saturated rings. The molecule has 79 valence electrons. The zero-order valence-electron chi connectivity index (χ0n) is 8.39. The van der Waals surface area contributed by atoms with E-state index in [1.807, 2.05) is 30.3 Å². The van der Waals surface area contributed by atoms with Gasteiger partial charge in [0.05, 0.1) is 11.0 Å². The van der Waals surface area contributed by atoms with Crippen LogP contribution < -0.4 is 5.73 Å². The van der Waals surface area contributed by atoms with Gasteiger partial charge in [0, 0.05) is 78.2 Å². The number of fused-ring (bicyclic) bond motifs is 3. The Morgan fingerprint density at radius 3 is 2.44 bits per heavy atom. The van der Waals surface area contributed by atoms with Crippen LogP contribution in [-0.4, -0.2) is 9.97 Å². The summed E-state index contributed by atoms with van der Waals surface area (Å²) in [4.78, 5) is 8.62. The van der Waals surface area contributed by atoms with E-state index in [0.29, 0.717) is 0 Å². The Labute approximate surface area is 134 Å². The minimum Gasteiger partial charge on any atom is -0.398 e. The number of pyridine rings is 2. The van der Waals surface area contributed by atoms with Crippen LogP contribution in [0.5, 0.6) is 0 Å². The van der Waals surface area contributed by atoms with E-state index in [1.165, 1.54) is 0 Å². The predicted octanol–water partition coefficient (Wildman–Crippen LogP) is 2.37. The van der Waals surface area contributed by atoms with Gasteiger partial charge in [-0.1, -0.05) is 0 Å². The molecule has 16 heavy (non-hydrogen) atoms. The molecule has 0 saturated heterocycles. The Balaban J connectivity index is 0.000000963. The SMILES string of the molecule is Nc1cc2ncccc2c2ncccc12.[Eu]. The number of rotatable bonds is 0. The maximum Gasteiger partial charge on any atom is 0.0816 e. The second-order valence-corrected chi connectivity index (χ2v) is 3.44. The van der Waals surface area contributed by atoms with E-state index in [2.05, 4.69) is 9.97 Å². The van der Waals surface area contributed by atoms with Crippen molar-refractivity contribution in [1.82, 2.24) is 9.97 Å². The van der Waals surface area contributed by atoms with Crippen molar-refractivity contribution in [3.63, 3.8) is 0 Å². The predicted molar refractivity (Wildman–Crippen MR) is 61.5 cm³/mol. The van der Waals surface area contributed by atoms with Gasteiger partial charge in [-0.15, -0.1) is 0 Å². The Kier molecular flexibility index (Phi) is 3.52. The number of nitrogens with two attached hydrogens (primary N) is 1. The molecule has 0 unspecified atom stereocenters. The topological polar surface area (TPSA) is 51.8 Å². The summed E-state index contributed by atoms with van der Waals surface area (Å²) in [6, 6.07) is 9.67. The number of nitrogens with zero attached hydrogens (tertiary/aromatic N) is 2. The number of hydrogen-bond acceptors (Lipinski definition) is 3. The van der Waals surface area contributed by atoms with Gasteiger partial charge in [0.1, 0.15) is 0 Å². The van der Waals surface area contributed by atoms with Crippen molar-refractivity contribution in [2.75, 3.05) is 5.73 Å². The van der Waals surface area contributed by atoms with Crippen LogP contribution in [-0.2, 0) is 0 Å². The average Bonchev–Trinajstić information content (AvgIpc) is 2.30. The molecule has 0 bridgehead atoms. The average molecular weight is 347 g/mol. The van der Waals surface area contributed by atoms with E-state index in [0.717, 1.165) is 27.5 Å². The first-order valence-electron chi connectivity index (χ1n) is 4.74. The van der Waals surface area contributed by atoms with Gasteiger partial charge >= 0.3 is 0 Å². The summed E-state index contributed by atoms with van der Waals surface area (Å²) in [5.41, 5.74) is 8.48. The fourth-order valence-electron chi connectivity index (χ4n) is 1.81. The molecule has 3 nitrogen and oxygen atoms in total. The quantitative estimate of drug-likeness (QED) is 0.502. The molecule has 2 aromatic heterocycles. The number of aromatic nitrogens is 2. The maximum absolute atomic E-state index is 5.94. The number of nitrogen functional groups attached to an aromatic ring is 1. The molecular weight excluding hydrogens is 338 g/mol. The molecule has 4 heteroatoms. The molecule has 3 rings (SSSR count). The molecule has 0 atom stereocenters. The molecule has 0 saturated carbocycles. The van der Waals surface area contributed by atoms with E-state index in [9.17, 15) is 0 Å². The van der Waals surface area contributed by atoms with Crippen LogP contribution in [0, 0.1) is 49.4 Å². The minimum absolute atomic E-state index is 0. The number of anilines is 1. The Morgan fingerprint density at radius 2 is 1.62 bits per heavy atom. The second kappa shape index (κ2) is 4.74. The summed E-state index contributed by atoms with van der Waals surface area (Å²) in [5, 5.41) is 2.03. The summed E-state index contributed by atoms with van der Waals surface area (Å²) in [6.45, 7) is 0. The smallest absolute Gasteiger partial charge is 0.0816 e. The molecule has 0 aliphatic heterocycles. The molecule has 0 spiro atoms. The first-order chi connectivity index (χ1) is 7.36. The van der Waals surface area contributed by atoms with Crippen LogP contribution in [0.1, 0.15) is 0 Å². The first-order valence-corrected chi connectivity index (χ1v) is 4.74. The molecule has 0 amide bonds. The summed E-state index contributed by atoms with van der Waals surface area (Å²) < 4.78 is 0. The molecule has 1 radical (unpaired) electrons. The van der Waals surface area contributed by atoms with Crippen molar-refractivity contribution in [3.05, 3.63) is 42.7 Å². The number of benzene rings is 1. The third-order valence-corrected chi connectivity index (χ3v) is 2.50.